The molecule has 2 rings (SSSR count). The molecule has 0 aliphatic heterocycles. The summed E-state index contributed by atoms with van der Waals surface area (Å²) in [5.74, 6) is -0.0114. The number of rotatable bonds is 4. The molecule has 0 fully saturated rings. The van der Waals surface area contributed by atoms with Gasteiger partial charge in [-0.1, -0.05) is 72.8 Å². The van der Waals surface area contributed by atoms with Crippen LogP contribution < -0.4 is 20.4 Å². The summed E-state index contributed by atoms with van der Waals surface area (Å²) >= 11 is 0. The summed E-state index contributed by atoms with van der Waals surface area (Å²) in [5.41, 5.74) is 2.05. The van der Waals surface area contributed by atoms with Crippen LogP contribution in [-0.4, -0.2) is 18.1 Å². The molecule has 2 aromatic carbocycles. The van der Waals surface area contributed by atoms with Crippen LogP contribution in [0.2, 0.25) is 0 Å². The first-order chi connectivity index (χ1) is 12.3. The molecule has 0 N–H and O–H groups in total. The number of carbonyl (C=O) groups is 3. The normalized spacial score (nSPS) is 8.86. The Balaban J connectivity index is -0.000000537. The van der Waals surface area contributed by atoms with E-state index < -0.39 is 12.3 Å². The summed E-state index contributed by atoms with van der Waals surface area (Å²) in [5, 5.41) is 33.3. The molecule has 0 saturated carbocycles. The van der Waals surface area contributed by atoms with Crippen LogP contribution >= 0.6 is 0 Å². The number of hydrogen-bond acceptors (Lipinski definition) is 7. The zero-order valence-corrected chi connectivity index (χ0v) is 17.2. The van der Waals surface area contributed by atoms with Gasteiger partial charge >= 0.3 is 40.8 Å². The molecular formula is C19H14O7Pd2. The molecule has 28 heavy (non-hydrogen) atoms. The van der Waals surface area contributed by atoms with Gasteiger partial charge in [-0.05, 0) is 35.6 Å². The van der Waals surface area contributed by atoms with Crippen molar-refractivity contribution >= 4 is 30.2 Å². The van der Waals surface area contributed by atoms with Crippen LogP contribution in [0.4, 0.5) is 9.59 Å². The molecule has 0 heterocycles. The van der Waals surface area contributed by atoms with E-state index in [1.807, 2.05) is 72.8 Å². The van der Waals surface area contributed by atoms with E-state index in [0.29, 0.717) is 0 Å². The number of allylic oxidation sites excluding steroid dienone is 2. The molecule has 0 radical (unpaired) electrons. The summed E-state index contributed by atoms with van der Waals surface area (Å²) in [6, 6.07) is 19.6. The average molecular weight is 567 g/mol. The maximum atomic E-state index is 11.6. The van der Waals surface area contributed by atoms with Crippen molar-refractivity contribution in [2.45, 2.75) is 0 Å². The van der Waals surface area contributed by atoms with Crippen LogP contribution in [0.1, 0.15) is 11.1 Å². The van der Waals surface area contributed by atoms with Crippen molar-refractivity contribution in [3.8, 4) is 0 Å². The van der Waals surface area contributed by atoms with Gasteiger partial charge in [0.05, 0.1) is 0 Å². The Kier molecular flexibility index (Phi) is 20.7. The van der Waals surface area contributed by atoms with Gasteiger partial charge in [0.25, 0.3) is 0 Å². The Morgan fingerprint density at radius 1 is 0.571 bits per heavy atom. The molecule has 2 aromatic rings. The monoisotopic (exact) mass is 566 g/mol. The van der Waals surface area contributed by atoms with Gasteiger partial charge in [0, 0.05) is 0 Å². The quantitative estimate of drug-likeness (QED) is 0.344. The van der Waals surface area contributed by atoms with Crippen molar-refractivity contribution in [1.82, 2.24) is 0 Å². The van der Waals surface area contributed by atoms with Gasteiger partial charge < -0.3 is 30.0 Å². The number of hydrogen-bond donors (Lipinski definition) is 0. The third kappa shape index (κ3) is 21.5. The Bertz CT molecular complexity index is 674. The Morgan fingerprint density at radius 3 is 1.07 bits per heavy atom. The second-order valence-electron chi connectivity index (χ2n) is 4.39. The van der Waals surface area contributed by atoms with Crippen LogP contribution in [0.5, 0.6) is 0 Å². The fourth-order valence-corrected chi connectivity index (χ4v) is 1.54. The first-order valence-corrected chi connectivity index (χ1v) is 7.07. The van der Waals surface area contributed by atoms with Crippen LogP contribution in [0.3, 0.4) is 0 Å². The second-order valence-corrected chi connectivity index (χ2v) is 4.39. The predicted molar refractivity (Wildman–Crippen MR) is 86.8 cm³/mol. The molecule has 0 saturated heterocycles. The number of ketones is 1. The maximum Gasteiger partial charge on any atom is 2.00 e. The van der Waals surface area contributed by atoms with Crippen molar-refractivity contribution < 1.29 is 75.7 Å². The largest absolute Gasteiger partial charge is 2.00 e. The third-order valence-corrected chi connectivity index (χ3v) is 2.48. The Hall–Kier alpha value is -2.55. The predicted octanol–water partition coefficient (Wildman–Crippen LogP) is -0.917. The zero-order chi connectivity index (χ0) is 19.8. The van der Waals surface area contributed by atoms with Crippen molar-refractivity contribution in [2.75, 3.05) is 0 Å². The fourth-order valence-electron chi connectivity index (χ4n) is 1.54. The van der Waals surface area contributed by atoms with E-state index >= 15 is 0 Å². The minimum atomic E-state index is -2.33. The smallest absolute Gasteiger partial charge is 0.652 e. The standard InChI is InChI=1S/C17H14O.2CH2O3.2Pd/c18-17(13-11-15-7-3-1-4-8-15)14-12-16-9-5-2-6-10-16;2*2-1(3)4;;/h1-14H;2*(H2,2,3,4);;/q;;;2*+2/p-4. The van der Waals surface area contributed by atoms with E-state index in [2.05, 4.69) is 0 Å². The molecule has 7 nitrogen and oxygen atoms in total. The molecule has 9 heteroatoms. The van der Waals surface area contributed by atoms with Crippen molar-refractivity contribution in [3.05, 3.63) is 83.9 Å². The topological polar surface area (TPSA) is 143 Å². The molecule has 0 aliphatic carbocycles. The molecule has 0 amide bonds. The van der Waals surface area contributed by atoms with Gasteiger partial charge in [0.1, 0.15) is 0 Å². The molecular weight excluding hydrogens is 553 g/mol. The van der Waals surface area contributed by atoms with E-state index in [0.717, 1.165) is 11.1 Å². The summed E-state index contributed by atoms with van der Waals surface area (Å²) in [7, 11) is 0. The Morgan fingerprint density at radius 2 is 0.821 bits per heavy atom. The summed E-state index contributed by atoms with van der Waals surface area (Å²) in [6.45, 7) is 0. The maximum absolute atomic E-state index is 11.6. The summed E-state index contributed by atoms with van der Waals surface area (Å²) < 4.78 is 0. The molecule has 0 bridgehead atoms. The van der Waals surface area contributed by atoms with Gasteiger partial charge in [-0.15, -0.1) is 0 Å². The van der Waals surface area contributed by atoms with Gasteiger partial charge in [-0.25, -0.2) is 0 Å². The third-order valence-electron chi connectivity index (χ3n) is 2.48. The minimum absolute atomic E-state index is 0. The van der Waals surface area contributed by atoms with E-state index in [-0.39, 0.29) is 46.6 Å². The zero-order valence-electron chi connectivity index (χ0n) is 14.1. The van der Waals surface area contributed by atoms with Gasteiger partial charge in [0.15, 0.2) is 5.78 Å². The number of carbonyl (C=O) groups excluding carboxylic acids is 3. The van der Waals surface area contributed by atoms with E-state index in [4.69, 9.17) is 30.0 Å². The molecule has 0 atom stereocenters. The first-order valence-electron chi connectivity index (χ1n) is 7.07. The van der Waals surface area contributed by atoms with Crippen molar-refractivity contribution in [1.29, 1.82) is 0 Å². The fraction of sp³-hybridized carbons (Fsp3) is 0. The molecule has 0 spiro atoms. The summed E-state index contributed by atoms with van der Waals surface area (Å²) in [6.07, 6.45) is 2.12. The summed E-state index contributed by atoms with van der Waals surface area (Å²) in [4.78, 5) is 28.3. The molecule has 0 aromatic heterocycles. The van der Waals surface area contributed by atoms with Gasteiger partial charge in [-0.3, -0.25) is 4.79 Å². The molecule has 0 aliphatic rings. The first kappa shape index (κ1) is 30.2. The number of benzene rings is 2. The second kappa shape index (κ2) is 19.2. The van der Waals surface area contributed by atoms with Crippen LogP contribution in [0.15, 0.2) is 72.8 Å². The van der Waals surface area contributed by atoms with Crippen molar-refractivity contribution in [2.24, 2.45) is 0 Å². The van der Waals surface area contributed by atoms with E-state index in [1.54, 1.807) is 12.2 Å². The molecule has 152 valence electrons. The molecule has 0 unspecified atom stereocenters. The minimum Gasteiger partial charge on any atom is -0.652 e. The van der Waals surface area contributed by atoms with Gasteiger partial charge in [0.2, 0.25) is 0 Å². The SMILES string of the molecule is O=C(C=Cc1ccccc1)C=Cc1ccccc1.O=C([O-])[O-].O=C([O-])[O-].[Pd+2].[Pd+2]. The Labute approximate surface area is 189 Å². The van der Waals surface area contributed by atoms with E-state index in [1.165, 1.54) is 0 Å². The van der Waals surface area contributed by atoms with E-state index in [9.17, 15) is 4.79 Å². The van der Waals surface area contributed by atoms with Crippen molar-refractivity contribution in [3.63, 3.8) is 0 Å². The average Bonchev–Trinajstić information content (AvgIpc) is 2.59. The van der Waals surface area contributed by atoms with Crippen LogP contribution in [0, 0.1) is 0 Å². The van der Waals surface area contributed by atoms with Crippen LogP contribution in [-0.2, 0) is 45.6 Å². The van der Waals surface area contributed by atoms with Gasteiger partial charge in [-0.2, -0.15) is 0 Å². The number of carboxylic acid groups (broad SMARTS) is 4. The van der Waals surface area contributed by atoms with Crippen LogP contribution in [0.25, 0.3) is 12.2 Å².